The van der Waals surface area contributed by atoms with Gasteiger partial charge in [-0.05, 0) is 35.9 Å². The Kier molecular flexibility index (Phi) is 3.67. The third-order valence-corrected chi connectivity index (χ3v) is 3.66. The highest BCUT2D eigenvalue weighted by Crippen LogP contribution is 2.30. The summed E-state index contributed by atoms with van der Waals surface area (Å²) in [5.74, 6) is 0.795. The number of hydrogen-bond donors (Lipinski definition) is 1. The second kappa shape index (κ2) is 5.61. The minimum absolute atomic E-state index is 0.0112. The van der Waals surface area contributed by atoms with Gasteiger partial charge < -0.3 is 14.8 Å². The molecule has 1 N–H and O–H groups in total. The van der Waals surface area contributed by atoms with E-state index in [4.69, 9.17) is 9.47 Å². The summed E-state index contributed by atoms with van der Waals surface area (Å²) >= 11 is 0. The molecule has 0 saturated heterocycles. The van der Waals surface area contributed by atoms with Crippen LogP contribution in [-0.4, -0.2) is 19.1 Å². The van der Waals surface area contributed by atoms with Crippen LogP contribution in [0.4, 0.5) is 0 Å². The van der Waals surface area contributed by atoms with Crippen molar-refractivity contribution in [1.82, 2.24) is 10.3 Å². The Labute approximate surface area is 118 Å². The zero-order valence-corrected chi connectivity index (χ0v) is 11.7. The van der Waals surface area contributed by atoms with Crippen LogP contribution in [0.25, 0.3) is 0 Å². The fourth-order valence-corrected chi connectivity index (χ4v) is 2.62. The summed E-state index contributed by atoms with van der Waals surface area (Å²) in [6.07, 6.45) is 1.79. The number of nitrogens with one attached hydrogen (secondary N) is 1. The van der Waals surface area contributed by atoms with Gasteiger partial charge in [0, 0.05) is 6.20 Å². The molecule has 0 radical (unpaired) electrons. The molecule has 1 aliphatic heterocycles. The predicted octanol–water partition coefficient (Wildman–Crippen LogP) is 2.43. The van der Waals surface area contributed by atoms with E-state index in [0.717, 1.165) is 11.4 Å². The summed E-state index contributed by atoms with van der Waals surface area (Å²) in [4.78, 5) is 4.47. The number of fused-ring (bicyclic) bond motifs is 1. The maximum atomic E-state index is 5.47. The Bertz CT molecular complexity index is 613. The first-order chi connectivity index (χ1) is 9.83. The lowest BCUT2D eigenvalue weighted by molar-refractivity contribution is 0.134. The summed E-state index contributed by atoms with van der Waals surface area (Å²) in [7, 11) is 3.60. The number of hydrogen-bond acceptors (Lipinski definition) is 4. The fraction of sp³-hybridized carbons (Fsp3) is 0.312. The molecule has 1 unspecified atom stereocenters. The van der Waals surface area contributed by atoms with Gasteiger partial charge in [-0.25, -0.2) is 0 Å². The molecule has 0 bridgehead atoms. The molecule has 4 heteroatoms. The van der Waals surface area contributed by atoms with Crippen molar-refractivity contribution >= 4 is 0 Å². The Morgan fingerprint density at radius 2 is 2.10 bits per heavy atom. The molecule has 3 rings (SSSR count). The Morgan fingerprint density at radius 3 is 2.90 bits per heavy atom. The number of ether oxygens (including phenoxy) is 2. The van der Waals surface area contributed by atoms with Crippen molar-refractivity contribution in [3.8, 4) is 5.75 Å². The van der Waals surface area contributed by atoms with E-state index in [1.54, 1.807) is 13.3 Å². The summed E-state index contributed by atoms with van der Waals surface area (Å²) in [6, 6.07) is 10.3. The molecule has 2 aromatic rings. The summed E-state index contributed by atoms with van der Waals surface area (Å²) in [5, 5.41) is 3.32. The van der Waals surface area contributed by atoms with E-state index in [2.05, 4.69) is 28.5 Å². The normalized spacial score (nSPS) is 14.9. The second-order valence-corrected chi connectivity index (χ2v) is 4.83. The maximum Gasteiger partial charge on any atom is 0.142 e. The zero-order valence-electron chi connectivity index (χ0n) is 11.7. The topological polar surface area (TPSA) is 43.4 Å². The number of benzene rings is 1. The van der Waals surface area contributed by atoms with Gasteiger partial charge in [0.1, 0.15) is 11.4 Å². The lowest BCUT2D eigenvalue weighted by atomic mass is 9.98. The highest BCUT2D eigenvalue weighted by Gasteiger charge is 2.20. The van der Waals surface area contributed by atoms with Gasteiger partial charge in [-0.2, -0.15) is 0 Å². The van der Waals surface area contributed by atoms with Crippen LogP contribution < -0.4 is 10.1 Å². The minimum atomic E-state index is 0.0112. The third kappa shape index (κ3) is 2.28. The molecule has 20 heavy (non-hydrogen) atoms. The molecule has 4 nitrogen and oxygen atoms in total. The molecular weight excluding hydrogens is 252 g/mol. The van der Waals surface area contributed by atoms with Crippen LogP contribution in [-0.2, 0) is 18.0 Å². The molecular formula is C16H18N2O2. The first-order valence-corrected chi connectivity index (χ1v) is 6.69. The number of methoxy groups -OCH3 is 1. The van der Waals surface area contributed by atoms with Crippen LogP contribution in [0, 0.1) is 0 Å². The summed E-state index contributed by atoms with van der Waals surface area (Å²) < 4.78 is 10.9. The molecule has 1 atom stereocenters. The van der Waals surface area contributed by atoms with Gasteiger partial charge in [0.05, 0.1) is 26.4 Å². The molecule has 104 valence electrons. The lowest BCUT2D eigenvalue weighted by Crippen LogP contribution is -2.20. The molecule has 1 aromatic heterocycles. The predicted molar refractivity (Wildman–Crippen MR) is 76.6 cm³/mol. The largest absolute Gasteiger partial charge is 0.495 e. The summed E-state index contributed by atoms with van der Waals surface area (Å²) in [6.45, 7) is 1.41. The first-order valence-electron chi connectivity index (χ1n) is 6.69. The molecule has 0 aliphatic carbocycles. The van der Waals surface area contributed by atoms with Crippen LogP contribution in [0.1, 0.15) is 28.4 Å². The van der Waals surface area contributed by atoms with Crippen molar-refractivity contribution in [2.75, 3.05) is 14.2 Å². The highest BCUT2D eigenvalue weighted by atomic mass is 16.5. The maximum absolute atomic E-state index is 5.47. The average Bonchev–Trinajstić information content (AvgIpc) is 2.96. The average molecular weight is 270 g/mol. The van der Waals surface area contributed by atoms with Crippen LogP contribution in [0.5, 0.6) is 5.75 Å². The molecule has 0 fully saturated rings. The quantitative estimate of drug-likeness (QED) is 0.926. The standard InChI is InChI=1S/C16H18N2O2/c1-17-15(16-14(19-2)4-3-7-18-16)11-5-6-12-9-20-10-13(12)8-11/h3-8,15,17H,9-10H2,1-2H3. The van der Waals surface area contributed by atoms with Crippen molar-refractivity contribution in [2.24, 2.45) is 0 Å². The van der Waals surface area contributed by atoms with Crippen LogP contribution >= 0.6 is 0 Å². The van der Waals surface area contributed by atoms with Crippen molar-refractivity contribution in [2.45, 2.75) is 19.3 Å². The van der Waals surface area contributed by atoms with Crippen LogP contribution in [0.2, 0.25) is 0 Å². The zero-order chi connectivity index (χ0) is 13.9. The number of nitrogens with zero attached hydrogens (tertiary/aromatic N) is 1. The fourth-order valence-electron chi connectivity index (χ4n) is 2.62. The first kappa shape index (κ1) is 13.1. The van der Waals surface area contributed by atoms with E-state index < -0.39 is 0 Å². The van der Waals surface area contributed by atoms with Gasteiger partial charge in [0.2, 0.25) is 0 Å². The van der Waals surface area contributed by atoms with Gasteiger partial charge >= 0.3 is 0 Å². The molecule has 0 spiro atoms. The smallest absolute Gasteiger partial charge is 0.142 e. The molecule has 0 saturated carbocycles. The number of rotatable bonds is 4. The van der Waals surface area contributed by atoms with E-state index in [1.165, 1.54) is 16.7 Å². The summed E-state index contributed by atoms with van der Waals surface area (Å²) in [5.41, 5.74) is 4.61. The Hall–Kier alpha value is -1.91. The molecule has 1 aromatic carbocycles. The van der Waals surface area contributed by atoms with E-state index in [1.807, 2.05) is 19.2 Å². The van der Waals surface area contributed by atoms with Crippen molar-refractivity contribution < 1.29 is 9.47 Å². The number of pyridine rings is 1. The second-order valence-electron chi connectivity index (χ2n) is 4.83. The minimum Gasteiger partial charge on any atom is -0.495 e. The SMILES string of the molecule is CNC(c1ccc2c(c1)COC2)c1ncccc1OC. The lowest BCUT2D eigenvalue weighted by Gasteiger charge is -2.19. The monoisotopic (exact) mass is 270 g/mol. The Morgan fingerprint density at radius 1 is 1.25 bits per heavy atom. The Balaban J connectivity index is 2.01. The van der Waals surface area contributed by atoms with Gasteiger partial charge in [-0.1, -0.05) is 18.2 Å². The highest BCUT2D eigenvalue weighted by molar-refractivity contribution is 5.41. The van der Waals surface area contributed by atoms with Crippen LogP contribution in [0.15, 0.2) is 36.5 Å². The van der Waals surface area contributed by atoms with Gasteiger partial charge in [0.15, 0.2) is 0 Å². The van der Waals surface area contributed by atoms with Crippen molar-refractivity contribution in [1.29, 1.82) is 0 Å². The molecule has 1 aliphatic rings. The van der Waals surface area contributed by atoms with Gasteiger partial charge in [-0.3, -0.25) is 4.98 Å². The van der Waals surface area contributed by atoms with E-state index in [-0.39, 0.29) is 6.04 Å². The van der Waals surface area contributed by atoms with E-state index in [0.29, 0.717) is 13.2 Å². The van der Waals surface area contributed by atoms with Gasteiger partial charge in [0.25, 0.3) is 0 Å². The third-order valence-electron chi connectivity index (χ3n) is 3.66. The van der Waals surface area contributed by atoms with Crippen LogP contribution in [0.3, 0.4) is 0 Å². The van der Waals surface area contributed by atoms with E-state index >= 15 is 0 Å². The van der Waals surface area contributed by atoms with Gasteiger partial charge in [-0.15, -0.1) is 0 Å². The molecule has 0 amide bonds. The van der Waals surface area contributed by atoms with Crippen molar-refractivity contribution in [3.05, 3.63) is 58.9 Å². The van der Waals surface area contributed by atoms with Crippen molar-refractivity contribution in [3.63, 3.8) is 0 Å². The number of aromatic nitrogens is 1. The van der Waals surface area contributed by atoms with E-state index in [9.17, 15) is 0 Å². The molecule has 2 heterocycles.